The van der Waals surface area contributed by atoms with Crippen molar-refractivity contribution in [2.45, 2.75) is 31.6 Å². The normalized spacial score (nSPS) is 24.7. The summed E-state index contributed by atoms with van der Waals surface area (Å²) in [5.74, 6) is 0.112. The maximum Gasteiger partial charge on any atom is 0.309 e. The topological polar surface area (TPSA) is 52.3 Å². The Hall–Kier alpha value is -1.00. The zero-order valence-electron chi connectivity index (χ0n) is 11.2. The molecule has 4 heteroatoms. The molecule has 0 amide bonds. The second-order valence-electron chi connectivity index (χ2n) is 5.44. The van der Waals surface area contributed by atoms with Crippen LogP contribution >= 0.6 is 11.9 Å². The van der Waals surface area contributed by atoms with Crippen LogP contribution in [0.15, 0.2) is 23.1 Å². The third kappa shape index (κ3) is 2.04. The summed E-state index contributed by atoms with van der Waals surface area (Å²) < 4.78 is 4.88. The predicted octanol–water partition coefficient (Wildman–Crippen LogP) is 2.87. The summed E-state index contributed by atoms with van der Waals surface area (Å²) in [5.41, 5.74) is 2.40. The van der Waals surface area contributed by atoms with Gasteiger partial charge in [-0.15, -0.1) is 0 Å². The first kappa shape index (κ1) is 13.4. The second-order valence-corrected chi connectivity index (χ2v) is 6.14. The fourth-order valence-corrected chi connectivity index (χ4v) is 3.25. The SMILES string of the molecule is COC(=O)C1C(c2ccc(SN)cc2C)C1(C)C. The Balaban J connectivity index is 2.31. The lowest BCUT2D eigenvalue weighted by Crippen LogP contribution is -2.07. The monoisotopic (exact) mass is 265 g/mol. The van der Waals surface area contributed by atoms with Gasteiger partial charge in [-0.25, -0.2) is 0 Å². The minimum atomic E-state index is -0.110. The molecule has 1 aromatic rings. The molecule has 98 valence electrons. The van der Waals surface area contributed by atoms with E-state index in [1.807, 2.05) is 6.07 Å². The van der Waals surface area contributed by atoms with Crippen LogP contribution in [-0.2, 0) is 9.53 Å². The molecular weight excluding hydrogens is 246 g/mol. The van der Waals surface area contributed by atoms with Crippen molar-refractivity contribution in [2.75, 3.05) is 7.11 Å². The first-order chi connectivity index (χ1) is 8.43. The Morgan fingerprint density at radius 3 is 2.61 bits per heavy atom. The molecule has 0 bridgehead atoms. The van der Waals surface area contributed by atoms with Gasteiger partial charge in [0.2, 0.25) is 0 Å². The number of esters is 1. The number of nitrogens with two attached hydrogens (primary N) is 1. The van der Waals surface area contributed by atoms with Crippen LogP contribution in [0.2, 0.25) is 0 Å². The van der Waals surface area contributed by atoms with Crippen molar-refractivity contribution in [3.63, 3.8) is 0 Å². The Labute approximate surface area is 112 Å². The molecule has 1 aliphatic rings. The van der Waals surface area contributed by atoms with E-state index in [9.17, 15) is 4.79 Å². The van der Waals surface area contributed by atoms with E-state index in [0.717, 1.165) is 4.90 Å². The molecule has 1 saturated carbocycles. The van der Waals surface area contributed by atoms with Crippen molar-refractivity contribution in [2.24, 2.45) is 16.5 Å². The van der Waals surface area contributed by atoms with E-state index >= 15 is 0 Å². The van der Waals surface area contributed by atoms with Crippen LogP contribution in [0.1, 0.15) is 30.9 Å². The number of rotatable bonds is 3. The van der Waals surface area contributed by atoms with Crippen molar-refractivity contribution in [3.8, 4) is 0 Å². The smallest absolute Gasteiger partial charge is 0.309 e. The van der Waals surface area contributed by atoms with Gasteiger partial charge >= 0.3 is 5.97 Å². The third-order valence-electron chi connectivity index (χ3n) is 3.99. The standard InChI is InChI=1S/C14H19NO2S/c1-8-7-9(18-15)5-6-10(8)11-12(13(16)17-4)14(11,2)3/h5-7,11-12H,15H2,1-4H3. The van der Waals surface area contributed by atoms with Gasteiger partial charge in [-0.3, -0.25) is 9.93 Å². The summed E-state index contributed by atoms with van der Waals surface area (Å²) in [4.78, 5) is 12.8. The number of aryl methyl sites for hydroxylation is 1. The molecule has 2 unspecified atom stereocenters. The molecular formula is C14H19NO2S. The highest BCUT2D eigenvalue weighted by atomic mass is 32.2. The van der Waals surface area contributed by atoms with E-state index in [2.05, 4.69) is 32.9 Å². The lowest BCUT2D eigenvalue weighted by molar-refractivity contribution is -0.143. The minimum Gasteiger partial charge on any atom is -0.469 e. The number of ether oxygens (including phenoxy) is 1. The van der Waals surface area contributed by atoms with Crippen molar-refractivity contribution >= 4 is 17.9 Å². The summed E-state index contributed by atoms with van der Waals surface area (Å²) >= 11 is 1.24. The molecule has 0 aliphatic heterocycles. The zero-order chi connectivity index (χ0) is 13.5. The van der Waals surface area contributed by atoms with Gasteiger partial charge in [-0.05, 0) is 47.5 Å². The lowest BCUT2D eigenvalue weighted by Gasteiger charge is -2.08. The highest BCUT2D eigenvalue weighted by molar-refractivity contribution is 7.97. The average Bonchev–Trinajstić information content (AvgIpc) is 2.90. The lowest BCUT2D eigenvalue weighted by atomic mass is 9.99. The largest absolute Gasteiger partial charge is 0.469 e. The number of benzene rings is 1. The van der Waals surface area contributed by atoms with Crippen LogP contribution in [0.4, 0.5) is 0 Å². The van der Waals surface area contributed by atoms with Gasteiger partial charge in [0.1, 0.15) is 0 Å². The molecule has 1 aromatic carbocycles. The number of hydrogen-bond donors (Lipinski definition) is 1. The molecule has 18 heavy (non-hydrogen) atoms. The first-order valence-corrected chi connectivity index (χ1v) is 6.86. The summed E-state index contributed by atoms with van der Waals surface area (Å²) in [6.45, 7) is 6.30. The van der Waals surface area contributed by atoms with E-state index in [4.69, 9.17) is 9.88 Å². The quantitative estimate of drug-likeness (QED) is 0.674. The minimum absolute atomic E-state index is 0.0186. The molecule has 0 aromatic heterocycles. The molecule has 1 aliphatic carbocycles. The Morgan fingerprint density at radius 2 is 2.11 bits per heavy atom. The van der Waals surface area contributed by atoms with E-state index in [0.29, 0.717) is 0 Å². The molecule has 0 spiro atoms. The predicted molar refractivity (Wildman–Crippen MR) is 73.3 cm³/mol. The van der Waals surface area contributed by atoms with Crippen LogP contribution in [0.3, 0.4) is 0 Å². The molecule has 3 nitrogen and oxygen atoms in total. The maximum absolute atomic E-state index is 11.8. The third-order valence-corrected chi connectivity index (χ3v) is 4.52. The van der Waals surface area contributed by atoms with Crippen LogP contribution in [0.5, 0.6) is 0 Å². The molecule has 0 saturated heterocycles. The Bertz CT molecular complexity index is 485. The van der Waals surface area contributed by atoms with Gasteiger partial charge in [0, 0.05) is 10.8 Å². The summed E-state index contributed by atoms with van der Waals surface area (Å²) in [6.07, 6.45) is 0. The van der Waals surface area contributed by atoms with Gasteiger partial charge in [0.05, 0.1) is 13.0 Å². The molecule has 0 radical (unpaired) electrons. The van der Waals surface area contributed by atoms with E-state index < -0.39 is 0 Å². The maximum atomic E-state index is 11.8. The van der Waals surface area contributed by atoms with Crippen LogP contribution < -0.4 is 5.14 Å². The summed E-state index contributed by atoms with van der Waals surface area (Å²) in [7, 11) is 1.45. The van der Waals surface area contributed by atoms with Crippen molar-refractivity contribution in [1.29, 1.82) is 0 Å². The molecule has 2 rings (SSSR count). The number of hydrogen-bond acceptors (Lipinski definition) is 4. The Kier molecular flexibility index (Phi) is 3.43. The number of carbonyl (C=O) groups is 1. The van der Waals surface area contributed by atoms with E-state index in [-0.39, 0.29) is 23.2 Å². The molecule has 1 fully saturated rings. The van der Waals surface area contributed by atoms with Gasteiger partial charge in [-0.1, -0.05) is 19.9 Å². The molecule has 2 N–H and O–H groups in total. The average molecular weight is 265 g/mol. The van der Waals surface area contributed by atoms with Crippen LogP contribution in [0, 0.1) is 18.3 Å². The summed E-state index contributed by atoms with van der Waals surface area (Å²) in [5, 5.41) is 5.55. The highest BCUT2D eigenvalue weighted by Crippen LogP contribution is 2.65. The Morgan fingerprint density at radius 1 is 1.44 bits per heavy atom. The van der Waals surface area contributed by atoms with Crippen molar-refractivity contribution in [1.82, 2.24) is 0 Å². The van der Waals surface area contributed by atoms with Gasteiger partial charge < -0.3 is 4.74 Å². The molecule has 2 atom stereocenters. The van der Waals surface area contributed by atoms with E-state index in [1.54, 1.807) is 0 Å². The van der Waals surface area contributed by atoms with Gasteiger partial charge in [0.25, 0.3) is 0 Å². The fraction of sp³-hybridized carbons (Fsp3) is 0.500. The van der Waals surface area contributed by atoms with Gasteiger partial charge in [0.15, 0.2) is 0 Å². The highest BCUT2D eigenvalue weighted by Gasteiger charge is 2.63. The van der Waals surface area contributed by atoms with Crippen molar-refractivity contribution in [3.05, 3.63) is 29.3 Å². The summed E-state index contributed by atoms with van der Waals surface area (Å²) in [6, 6.07) is 6.17. The second kappa shape index (κ2) is 4.59. The molecule has 0 heterocycles. The van der Waals surface area contributed by atoms with Crippen LogP contribution in [-0.4, -0.2) is 13.1 Å². The van der Waals surface area contributed by atoms with E-state index in [1.165, 1.54) is 30.2 Å². The number of carbonyl (C=O) groups excluding carboxylic acids is 1. The fourth-order valence-electron chi connectivity index (χ4n) is 2.86. The van der Waals surface area contributed by atoms with Crippen LogP contribution in [0.25, 0.3) is 0 Å². The first-order valence-electron chi connectivity index (χ1n) is 5.98. The zero-order valence-corrected chi connectivity index (χ0v) is 12.0. The van der Waals surface area contributed by atoms with Crippen molar-refractivity contribution < 1.29 is 9.53 Å². The van der Waals surface area contributed by atoms with Gasteiger partial charge in [-0.2, -0.15) is 0 Å². The number of methoxy groups -OCH3 is 1.